The number of esters is 2. The summed E-state index contributed by atoms with van der Waals surface area (Å²) < 4.78 is 19.7. The van der Waals surface area contributed by atoms with Gasteiger partial charge in [-0.15, -0.1) is 0 Å². The molecule has 6 nitrogen and oxygen atoms in total. The Bertz CT molecular complexity index is 1430. The van der Waals surface area contributed by atoms with E-state index in [4.69, 9.17) is 13.9 Å². The second-order valence-electron chi connectivity index (χ2n) is 22.7. The molecule has 69 heavy (non-hydrogen) atoms. The Kier molecular flexibility index (Phi) is 31.2. The Hall–Kier alpha value is -2.48. The largest absolute Gasteiger partial charge is 0.462 e. The second kappa shape index (κ2) is 36.4. The molecule has 2 aliphatic carbocycles. The molecule has 392 valence electrons. The van der Waals surface area contributed by atoms with Gasteiger partial charge in [0, 0.05) is 25.5 Å². The van der Waals surface area contributed by atoms with Crippen LogP contribution in [0.1, 0.15) is 265 Å². The van der Waals surface area contributed by atoms with Crippen LogP contribution in [0.2, 0.25) is 5.04 Å². The second-order valence-corrected chi connectivity index (χ2v) is 27.0. The highest BCUT2D eigenvalue weighted by molar-refractivity contribution is 6.99. The van der Waals surface area contributed by atoms with E-state index in [1.54, 1.807) is 0 Å². The molecule has 0 N–H and O–H groups in total. The first-order valence-electron chi connectivity index (χ1n) is 29.5. The summed E-state index contributed by atoms with van der Waals surface area (Å²) in [5, 5.41) is 2.63. The van der Waals surface area contributed by atoms with Crippen LogP contribution in [0, 0.1) is 0 Å². The lowest BCUT2D eigenvalue weighted by Gasteiger charge is -2.43. The quantitative estimate of drug-likeness (QED) is 0.0705. The van der Waals surface area contributed by atoms with Crippen LogP contribution in [-0.4, -0.2) is 63.6 Å². The fourth-order valence-corrected chi connectivity index (χ4v) is 16.2. The maximum absolute atomic E-state index is 13.3. The van der Waals surface area contributed by atoms with Crippen molar-refractivity contribution in [2.24, 2.45) is 0 Å². The van der Waals surface area contributed by atoms with Crippen molar-refractivity contribution in [1.29, 1.82) is 0 Å². The molecule has 0 bridgehead atoms. The summed E-state index contributed by atoms with van der Waals surface area (Å²) in [6, 6.07) is 22.4. The lowest BCUT2D eigenvalue weighted by Crippen LogP contribution is -2.66. The molecule has 0 amide bonds. The number of hydrogen-bond donors (Lipinski definition) is 0. The van der Waals surface area contributed by atoms with Gasteiger partial charge in [0.25, 0.3) is 8.32 Å². The zero-order valence-corrected chi connectivity index (χ0v) is 46.3. The topological polar surface area (TPSA) is 65.1 Å². The van der Waals surface area contributed by atoms with Gasteiger partial charge in [-0.25, -0.2) is 0 Å². The van der Waals surface area contributed by atoms with Crippen molar-refractivity contribution >= 4 is 30.6 Å². The maximum atomic E-state index is 13.3. The van der Waals surface area contributed by atoms with Gasteiger partial charge in [0.05, 0.1) is 0 Å². The van der Waals surface area contributed by atoms with Gasteiger partial charge in [0.1, 0.15) is 12.2 Å². The van der Waals surface area contributed by atoms with E-state index >= 15 is 0 Å². The van der Waals surface area contributed by atoms with Crippen molar-refractivity contribution in [3.63, 3.8) is 0 Å². The number of rotatable bonds is 21. The molecule has 0 spiro atoms. The zero-order chi connectivity index (χ0) is 49.1. The van der Waals surface area contributed by atoms with Gasteiger partial charge in [-0.1, -0.05) is 223 Å². The predicted molar refractivity (Wildman–Crippen MR) is 295 cm³/mol. The van der Waals surface area contributed by atoms with Crippen LogP contribution in [0.25, 0.3) is 0 Å². The highest BCUT2D eigenvalue weighted by Crippen LogP contribution is 2.37. The normalized spacial score (nSPS) is 18.4. The van der Waals surface area contributed by atoms with E-state index in [2.05, 4.69) is 93.4 Å². The van der Waals surface area contributed by atoms with Crippen LogP contribution in [0.5, 0.6) is 0 Å². The minimum atomic E-state index is -2.56. The van der Waals surface area contributed by atoms with E-state index in [0.717, 1.165) is 90.2 Å². The van der Waals surface area contributed by atoms with Crippen LogP contribution in [-0.2, 0) is 23.5 Å². The highest BCUT2D eigenvalue weighted by Gasteiger charge is 2.50. The number of carbonyl (C=O) groups excluding carboxylic acids is 2. The molecule has 2 aromatic rings. The third kappa shape index (κ3) is 24.7. The van der Waals surface area contributed by atoms with Crippen molar-refractivity contribution in [1.82, 2.24) is 4.90 Å². The SMILES string of the molecule is CN(CCCCO[Si](c1ccccc1)(c1ccccc1)C(C)(C)C)C(CCCCC(=O)OC1CCCCCCCCCCCCCC1)CCCCC(=O)OC1CCCCCCCCCCCCCC1. The number of hydrogen-bond acceptors (Lipinski definition) is 6. The molecule has 2 saturated carbocycles. The fourth-order valence-electron chi connectivity index (χ4n) is 11.6. The molecule has 0 atom stereocenters. The van der Waals surface area contributed by atoms with Gasteiger partial charge in [0.2, 0.25) is 0 Å². The summed E-state index contributed by atoms with van der Waals surface area (Å²) in [6.07, 6.45) is 44.8. The van der Waals surface area contributed by atoms with E-state index in [-0.39, 0.29) is 29.2 Å². The summed E-state index contributed by atoms with van der Waals surface area (Å²) in [5.74, 6) is 0.00953. The number of benzene rings is 2. The lowest BCUT2D eigenvalue weighted by atomic mass is 10.00. The van der Waals surface area contributed by atoms with Gasteiger partial charge in [-0.2, -0.15) is 0 Å². The van der Waals surface area contributed by atoms with E-state index in [0.29, 0.717) is 18.9 Å². The third-order valence-corrected chi connectivity index (χ3v) is 20.8. The standard InChI is InChI=1S/C62H105NO5Si/c1-62(2,3)69(58-47-31-25-32-48-58,59-49-33-26-34-50-59)66-54-40-39-53-63(4)55(41-35-37-51-60(64)67-56-43-27-21-17-13-9-5-6-10-14-18-22-28-44-56)42-36-38-52-61(65)68-57-45-29-23-19-15-11-7-8-12-16-20-24-30-46-57/h25-26,31-34,47-50,55-57H,5-24,27-30,35-46,51-54H2,1-4H3. The lowest BCUT2D eigenvalue weighted by molar-refractivity contribution is -0.151. The van der Waals surface area contributed by atoms with E-state index < -0.39 is 8.32 Å². The first-order chi connectivity index (χ1) is 33.7. The average molecular weight is 973 g/mol. The summed E-state index contributed by atoms with van der Waals surface area (Å²) >= 11 is 0. The Morgan fingerprint density at radius 3 is 1.16 bits per heavy atom. The van der Waals surface area contributed by atoms with E-state index in [1.807, 2.05) is 0 Å². The molecule has 4 rings (SSSR count). The van der Waals surface area contributed by atoms with Gasteiger partial charge in [-0.3, -0.25) is 9.59 Å². The molecular weight excluding hydrogens is 867 g/mol. The molecule has 0 heterocycles. The van der Waals surface area contributed by atoms with Crippen molar-refractivity contribution in [2.45, 2.75) is 288 Å². The van der Waals surface area contributed by atoms with Crippen molar-refractivity contribution in [3.05, 3.63) is 60.7 Å². The molecule has 0 radical (unpaired) electrons. The van der Waals surface area contributed by atoms with Crippen molar-refractivity contribution < 1.29 is 23.5 Å². The Balaban J connectivity index is 1.29. The first kappa shape index (κ1) is 59.1. The number of nitrogens with zero attached hydrogens (tertiary/aromatic N) is 1. The van der Waals surface area contributed by atoms with Crippen LogP contribution in [0.4, 0.5) is 0 Å². The number of unbranched alkanes of at least 4 members (excludes halogenated alkanes) is 3. The molecular formula is C62H105NO5Si. The molecule has 0 aliphatic heterocycles. The summed E-state index contributed by atoms with van der Waals surface area (Å²) in [7, 11) is -0.273. The minimum Gasteiger partial charge on any atom is -0.462 e. The van der Waals surface area contributed by atoms with Crippen LogP contribution in [0.3, 0.4) is 0 Å². The Morgan fingerprint density at radius 2 is 0.826 bits per heavy atom. The van der Waals surface area contributed by atoms with E-state index in [1.165, 1.54) is 164 Å². The number of carbonyl (C=O) groups is 2. The number of ether oxygens (including phenoxy) is 2. The van der Waals surface area contributed by atoms with Crippen molar-refractivity contribution in [3.8, 4) is 0 Å². The Labute approximate surface area is 426 Å². The van der Waals surface area contributed by atoms with Crippen LogP contribution in [0.15, 0.2) is 60.7 Å². The van der Waals surface area contributed by atoms with Crippen LogP contribution >= 0.6 is 0 Å². The molecule has 0 saturated heterocycles. The first-order valence-corrected chi connectivity index (χ1v) is 31.4. The monoisotopic (exact) mass is 972 g/mol. The predicted octanol–water partition coefficient (Wildman–Crippen LogP) is 16.5. The maximum Gasteiger partial charge on any atom is 0.306 e. The third-order valence-electron chi connectivity index (χ3n) is 15.8. The Morgan fingerprint density at radius 1 is 0.493 bits per heavy atom. The molecule has 7 heteroatoms. The summed E-state index contributed by atoms with van der Waals surface area (Å²) in [5.41, 5.74) is 0. The summed E-state index contributed by atoms with van der Waals surface area (Å²) in [6.45, 7) is 8.80. The van der Waals surface area contributed by atoms with Crippen LogP contribution < -0.4 is 10.4 Å². The molecule has 2 fully saturated rings. The van der Waals surface area contributed by atoms with Gasteiger partial charge in [-0.05, 0) is 119 Å². The summed E-state index contributed by atoms with van der Waals surface area (Å²) in [4.78, 5) is 29.2. The van der Waals surface area contributed by atoms with Gasteiger partial charge in [0.15, 0.2) is 0 Å². The minimum absolute atomic E-state index is 0.00476. The zero-order valence-electron chi connectivity index (χ0n) is 45.3. The molecule has 2 aliphatic rings. The van der Waals surface area contributed by atoms with E-state index in [9.17, 15) is 9.59 Å². The van der Waals surface area contributed by atoms with Gasteiger partial charge < -0.3 is 18.8 Å². The van der Waals surface area contributed by atoms with Crippen molar-refractivity contribution in [2.75, 3.05) is 20.2 Å². The smallest absolute Gasteiger partial charge is 0.306 e. The fraction of sp³-hybridized carbons (Fsp3) is 0.774. The molecule has 2 aromatic carbocycles. The van der Waals surface area contributed by atoms with Gasteiger partial charge >= 0.3 is 11.9 Å². The molecule has 0 aromatic heterocycles. The average Bonchev–Trinajstić information content (AvgIpc) is 3.36. The molecule has 0 unspecified atom stereocenters. The highest BCUT2D eigenvalue weighted by atomic mass is 28.4.